The van der Waals surface area contributed by atoms with Gasteiger partial charge < -0.3 is 20.1 Å². The van der Waals surface area contributed by atoms with E-state index in [2.05, 4.69) is 26.6 Å². The van der Waals surface area contributed by atoms with Gasteiger partial charge in [-0.25, -0.2) is 0 Å². The first kappa shape index (κ1) is 29.4. The van der Waals surface area contributed by atoms with E-state index in [0.29, 0.717) is 32.6 Å². The minimum absolute atomic E-state index is 0.0197. The first-order chi connectivity index (χ1) is 19.6. The largest absolute Gasteiger partial charge is 0.492 e. The summed E-state index contributed by atoms with van der Waals surface area (Å²) < 4.78 is 12.1. The van der Waals surface area contributed by atoms with Crippen molar-refractivity contribution in [3.63, 3.8) is 0 Å². The van der Waals surface area contributed by atoms with Crippen LogP contribution in [-0.4, -0.2) is 31.0 Å². The molecule has 1 saturated heterocycles. The molecule has 214 valence electrons. The average Bonchev–Trinajstić information content (AvgIpc) is 3.21. The summed E-state index contributed by atoms with van der Waals surface area (Å²) in [7, 11) is 0. The van der Waals surface area contributed by atoms with Gasteiger partial charge >= 0.3 is 5.97 Å². The normalized spacial score (nSPS) is 22.1. The maximum Gasteiger partial charge on any atom is 0.312 e. The van der Waals surface area contributed by atoms with Crippen molar-refractivity contribution in [2.45, 2.75) is 44.6 Å². The number of amides is 2. The van der Waals surface area contributed by atoms with Crippen molar-refractivity contribution >= 4 is 62.6 Å². The maximum absolute atomic E-state index is 14.4. The zero-order valence-corrected chi connectivity index (χ0v) is 25.8. The molecular formula is C31H29BrCl2N2O5. The highest BCUT2D eigenvalue weighted by atomic mass is 79.9. The minimum Gasteiger partial charge on any atom is -0.492 e. The summed E-state index contributed by atoms with van der Waals surface area (Å²) in [5.74, 6) is -1.54. The SMILES string of the molecule is CCOC(=O)C(C)COc1ccc(Br)cc1C1CC(=O)NC(c2cc(Cl)ccc2C)C12C(=O)Nc1cc(Cl)ccc12. The Labute approximate surface area is 257 Å². The minimum atomic E-state index is -1.27. The molecule has 3 aromatic carbocycles. The Kier molecular flexibility index (Phi) is 8.37. The highest BCUT2D eigenvalue weighted by Crippen LogP contribution is 2.59. The second-order valence-corrected chi connectivity index (χ2v) is 12.2. The average molecular weight is 660 g/mol. The van der Waals surface area contributed by atoms with E-state index in [1.54, 1.807) is 44.2 Å². The first-order valence-corrected chi connectivity index (χ1v) is 14.9. The number of hydrogen-bond donors (Lipinski definition) is 2. The van der Waals surface area contributed by atoms with E-state index in [-0.39, 0.29) is 37.4 Å². The summed E-state index contributed by atoms with van der Waals surface area (Å²) in [6, 6.07) is 15.5. The third-order valence-electron chi connectivity index (χ3n) is 7.83. The lowest BCUT2D eigenvalue weighted by molar-refractivity contribution is -0.148. The van der Waals surface area contributed by atoms with Crippen LogP contribution in [0.5, 0.6) is 5.75 Å². The number of hydrogen-bond acceptors (Lipinski definition) is 5. The van der Waals surface area contributed by atoms with Crippen LogP contribution in [0.15, 0.2) is 59.1 Å². The van der Waals surface area contributed by atoms with Crippen LogP contribution in [0.2, 0.25) is 10.0 Å². The molecule has 2 heterocycles. The quantitative estimate of drug-likeness (QED) is 0.270. The van der Waals surface area contributed by atoms with Gasteiger partial charge in [0, 0.05) is 38.1 Å². The molecule has 10 heteroatoms. The summed E-state index contributed by atoms with van der Waals surface area (Å²) in [4.78, 5) is 40.1. The Morgan fingerprint density at radius 2 is 1.80 bits per heavy atom. The van der Waals surface area contributed by atoms with E-state index in [9.17, 15) is 14.4 Å². The van der Waals surface area contributed by atoms with Crippen molar-refractivity contribution in [1.29, 1.82) is 0 Å². The number of nitrogens with one attached hydrogen (secondary N) is 2. The monoisotopic (exact) mass is 658 g/mol. The molecule has 0 saturated carbocycles. The van der Waals surface area contributed by atoms with Gasteiger partial charge in [0.2, 0.25) is 11.8 Å². The molecular weight excluding hydrogens is 631 g/mol. The van der Waals surface area contributed by atoms with E-state index < -0.39 is 23.3 Å². The summed E-state index contributed by atoms with van der Waals surface area (Å²) >= 11 is 16.4. The summed E-state index contributed by atoms with van der Waals surface area (Å²) in [5.41, 5.74) is 2.31. The summed E-state index contributed by atoms with van der Waals surface area (Å²) in [6.07, 6.45) is 0.0197. The van der Waals surface area contributed by atoms with Crippen molar-refractivity contribution in [1.82, 2.24) is 5.32 Å². The zero-order valence-electron chi connectivity index (χ0n) is 22.7. The number of carbonyl (C=O) groups excluding carboxylic acids is 3. The maximum atomic E-state index is 14.4. The number of aryl methyl sites for hydroxylation is 1. The fraction of sp³-hybridized carbons (Fsp3) is 0.323. The lowest BCUT2D eigenvalue weighted by Gasteiger charge is -2.47. The topological polar surface area (TPSA) is 93.7 Å². The van der Waals surface area contributed by atoms with Gasteiger partial charge in [-0.3, -0.25) is 14.4 Å². The van der Waals surface area contributed by atoms with E-state index in [4.69, 9.17) is 32.7 Å². The molecule has 0 bridgehead atoms. The van der Waals surface area contributed by atoms with E-state index in [1.807, 2.05) is 31.2 Å². The Balaban J connectivity index is 1.71. The molecule has 7 nitrogen and oxygen atoms in total. The van der Waals surface area contributed by atoms with Crippen LogP contribution in [0, 0.1) is 12.8 Å². The van der Waals surface area contributed by atoms with Gasteiger partial charge in [0.25, 0.3) is 0 Å². The predicted octanol–water partition coefficient (Wildman–Crippen LogP) is 6.88. The number of halogens is 3. The van der Waals surface area contributed by atoms with Crippen LogP contribution in [0.4, 0.5) is 5.69 Å². The second-order valence-electron chi connectivity index (χ2n) is 10.4. The standard InChI is InChI=1S/C31H29BrCl2N2O5/c1-4-40-29(38)17(3)15-41-26-10-6-18(32)11-22(26)24-14-27(37)36-28(21-12-19(33)7-5-16(21)2)31(24)23-9-8-20(34)13-25(23)35-30(31)39/h5-13,17,24,28H,4,14-15H2,1-3H3,(H,35,39)(H,36,37). The van der Waals surface area contributed by atoms with Crippen LogP contribution in [0.1, 0.15) is 54.5 Å². The third-order valence-corrected chi connectivity index (χ3v) is 8.79. The van der Waals surface area contributed by atoms with Gasteiger partial charge in [-0.2, -0.15) is 0 Å². The third kappa shape index (κ3) is 5.33. The highest BCUT2D eigenvalue weighted by Gasteiger charge is 2.61. The number of carbonyl (C=O) groups is 3. The fourth-order valence-corrected chi connectivity index (χ4v) is 6.66. The molecule has 41 heavy (non-hydrogen) atoms. The second kappa shape index (κ2) is 11.7. The number of esters is 1. The Hall–Kier alpha value is -3.07. The fourth-order valence-electron chi connectivity index (χ4n) is 5.93. The molecule has 2 aliphatic rings. The van der Waals surface area contributed by atoms with Crippen LogP contribution in [-0.2, 0) is 24.5 Å². The van der Waals surface area contributed by atoms with Crippen molar-refractivity contribution < 1.29 is 23.9 Å². The Morgan fingerprint density at radius 1 is 1.07 bits per heavy atom. The van der Waals surface area contributed by atoms with E-state index >= 15 is 0 Å². The van der Waals surface area contributed by atoms with Gasteiger partial charge in [0.05, 0.1) is 18.6 Å². The summed E-state index contributed by atoms with van der Waals surface area (Å²) in [5, 5.41) is 7.14. The molecule has 5 rings (SSSR count). The highest BCUT2D eigenvalue weighted by molar-refractivity contribution is 9.10. The van der Waals surface area contributed by atoms with Crippen molar-refractivity contribution in [3.8, 4) is 5.75 Å². The molecule has 0 radical (unpaired) electrons. The number of fused-ring (bicyclic) bond motifs is 2. The number of piperidine rings is 1. The van der Waals surface area contributed by atoms with Crippen LogP contribution >= 0.6 is 39.1 Å². The van der Waals surface area contributed by atoms with Gasteiger partial charge in [0.1, 0.15) is 17.8 Å². The van der Waals surface area contributed by atoms with E-state index in [0.717, 1.165) is 15.6 Å². The molecule has 2 amide bonds. The molecule has 1 fully saturated rings. The zero-order chi connectivity index (χ0) is 29.5. The van der Waals surface area contributed by atoms with Crippen LogP contribution in [0.25, 0.3) is 0 Å². The molecule has 0 aliphatic carbocycles. The molecule has 4 atom stereocenters. The van der Waals surface area contributed by atoms with Crippen LogP contribution in [0.3, 0.4) is 0 Å². The van der Waals surface area contributed by atoms with E-state index in [1.165, 1.54) is 0 Å². The predicted molar refractivity (Wildman–Crippen MR) is 162 cm³/mol. The smallest absolute Gasteiger partial charge is 0.312 e. The number of ether oxygens (including phenoxy) is 2. The van der Waals surface area contributed by atoms with Gasteiger partial charge in [-0.15, -0.1) is 0 Å². The number of anilines is 1. The van der Waals surface area contributed by atoms with Crippen molar-refractivity contribution in [2.75, 3.05) is 18.5 Å². The number of rotatable bonds is 7. The van der Waals surface area contributed by atoms with Crippen molar-refractivity contribution in [2.24, 2.45) is 5.92 Å². The molecule has 2 aliphatic heterocycles. The Bertz CT molecular complexity index is 1550. The lowest BCUT2D eigenvalue weighted by Crippen LogP contribution is -2.57. The van der Waals surface area contributed by atoms with Crippen molar-refractivity contribution in [3.05, 3.63) is 91.4 Å². The summed E-state index contributed by atoms with van der Waals surface area (Å²) in [6.45, 7) is 5.75. The molecule has 4 unspecified atom stereocenters. The Morgan fingerprint density at radius 3 is 2.56 bits per heavy atom. The van der Waals surface area contributed by atoms with Crippen LogP contribution < -0.4 is 15.4 Å². The molecule has 0 aromatic heterocycles. The number of benzene rings is 3. The van der Waals surface area contributed by atoms with Gasteiger partial charge in [-0.05, 0) is 79.9 Å². The molecule has 3 aromatic rings. The first-order valence-electron chi connectivity index (χ1n) is 13.3. The molecule has 2 N–H and O–H groups in total. The lowest BCUT2D eigenvalue weighted by atomic mass is 9.59. The van der Waals surface area contributed by atoms with Gasteiger partial charge in [0.15, 0.2) is 0 Å². The van der Waals surface area contributed by atoms with Gasteiger partial charge in [-0.1, -0.05) is 51.3 Å². The molecule has 1 spiro atoms.